The van der Waals surface area contributed by atoms with Crippen LogP contribution in [0.5, 0.6) is 0 Å². The van der Waals surface area contributed by atoms with Crippen LogP contribution >= 0.6 is 0 Å². The molecule has 5 heteroatoms. The van der Waals surface area contributed by atoms with Crippen LogP contribution in [0.15, 0.2) is 47.5 Å². The first kappa shape index (κ1) is 13.2. The predicted molar refractivity (Wildman–Crippen MR) is 82.2 cm³/mol. The SMILES string of the molecule is CCn1cc(-c2cccc(C(N)=O)c2)c2cc[nH]c2c1=O. The van der Waals surface area contributed by atoms with Gasteiger partial charge in [-0.3, -0.25) is 9.59 Å². The number of aryl methyl sites for hydroxylation is 1. The summed E-state index contributed by atoms with van der Waals surface area (Å²) < 4.78 is 1.64. The molecular formula is C16H15N3O2. The maximum Gasteiger partial charge on any atom is 0.274 e. The maximum absolute atomic E-state index is 12.2. The highest BCUT2D eigenvalue weighted by Gasteiger charge is 2.11. The standard InChI is InChI=1S/C16H15N3O2/c1-2-19-9-13(12-6-7-18-14(12)16(19)21)10-4-3-5-11(8-10)15(17)20/h3-9,18H,2H2,1H3,(H2,17,20). The molecule has 0 radical (unpaired) electrons. The Morgan fingerprint density at radius 1 is 1.33 bits per heavy atom. The number of nitrogens with two attached hydrogens (primary N) is 1. The summed E-state index contributed by atoms with van der Waals surface area (Å²) in [5.74, 6) is -0.467. The normalized spacial score (nSPS) is 10.9. The van der Waals surface area contributed by atoms with E-state index in [9.17, 15) is 9.59 Å². The molecule has 0 fully saturated rings. The van der Waals surface area contributed by atoms with Gasteiger partial charge in [-0.25, -0.2) is 0 Å². The van der Waals surface area contributed by atoms with Crippen LogP contribution in [0, 0.1) is 0 Å². The van der Waals surface area contributed by atoms with Crippen molar-refractivity contribution in [2.75, 3.05) is 0 Å². The van der Waals surface area contributed by atoms with Crippen molar-refractivity contribution in [3.63, 3.8) is 0 Å². The summed E-state index contributed by atoms with van der Waals surface area (Å²) in [7, 11) is 0. The lowest BCUT2D eigenvalue weighted by molar-refractivity contribution is 0.100. The third-order valence-corrected chi connectivity index (χ3v) is 3.60. The van der Waals surface area contributed by atoms with E-state index in [2.05, 4.69) is 4.98 Å². The molecule has 0 aliphatic heterocycles. The van der Waals surface area contributed by atoms with E-state index < -0.39 is 5.91 Å². The van der Waals surface area contributed by atoms with Gasteiger partial charge in [-0.05, 0) is 30.7 Å². The molecule has 0 bridgehead atoms. The Bertz CT molecular complexity index is 890. The molecule has 3 aromatic rings. The minimum absolute atomic E-state index is 0.0488. The van der Waals surface area contributed by atoms with Crippen LogP contribution in [0.1, 0.15) is 17.3 Å². The Balaban J connectivity index is 2.32. The summed E-state index contributed by atoms with van der Waals surface area (Å²) in [6, 6.07) is 8.97. The molecule has 3 N–H and O–H groups in total. The van der Waals surface area contributed by atoms with Crippen molar-refractivity contribution >= 4 is 16.8 Å². The average Bonchev–Trinajstić information content (AvgIpc) is 2.98. The van der Waals surface area contributed by atoms with E-state index in [1.807, 2.05) is 25.3 Å². The van der Waals surface area contributed by atoms with Crippen LogP contribution in [0.4, 0.5) is 0 Å². The van der Waals surface area contributed by atoms with Crippen LogP contribution in [0.2, 0.25) is 0 Å². The lowest BCUT2D eigenvalue weighted by atomic mass is 10.0. The van der Waals surface area contributed by atoms with Gasteiger partial charge in [0.05, 0.1) is 0 Å². The van der Waals surface area contributed by atoms with Crippen molar-refractivity contribution in [1.29, 1.82) is 0 Å². The van der Waals surface area contributed by atoms with Crippen molar-refractivity contribution < 1.29 is 4.79 Å². The molecule has 3 rings (SSSR count). The van der Waals surface area contributed by atoms with Crippen LogP contribution in [-0.2, 0) is 6.54 Å². The second-order valence-corrected chi connectivity index (χ2v) is 4.85. The predicted octanol–water partition coefficient (Wildman–Crippen LogP) is 2.12. The number of pyridine rings is 1. The van der Waals surface area contributed by atoms with Gasteiger partial charge in [-0.2, -0.15) is 0 Å². The summed E-state index contributed by atoms with van der Waals surface area (Å²) in [6.45, 7) is 2.50. The molecule has 1 aromatic carbocycles. The van der Waals surface area contributed by atoms with Gasteiger partial charge in [-0.15, -0.1) is 0 Å². The molecule has 0 spiro atoms. The van der Waals surface area contributed by atoms with Crippen molar-refractivity contribution in [1.82, 2.24) is 9.55 Å². The van der Waals surface area contributed by atoms with E-state index >= 15 is 0 Å². The monoisotopic (exact) mass is 281 g/mol. The van der Waals surface area contributed by atoms with Crippen LogP contribution in [0.3, 0.4) is 0 Å². The number of H-pyrrole nitrogens is 1. The fraction of sp³-hybridized carbons (Fsp3) is 0.125. The van der Waals surface area contributed by atoms with Gasteiger partial charge < -0.3 is 15.3 Å². The van der Waals surface area contributed by atoms with Crippen molar-refractivity contribution in [3.8, 4) is 11.1 Å². The number of amides is 1. The third-order valence-electron chi connectivity index (χ3n) is 3.60. The van der Waals surface area contributed by atoms with Crippen molar-refractivity contribution in [2.24, 2.45) is 5.73 Å². The van der Waals surface area contributed by atoms with Crippen LogP contribution in [0.25, 0.3) is 22.0 Å². The van der Waals surface area contributed by atoms with E-state index in [-0.39, 0.29) is 5.56 Å². The summed E-state index contributed by atoms with van der Waals surface area (Å²) in [5, 5.41) is 0.839. The fourth-order valence-electron chi connectivity index (χ4n) is 2.50. The first-order valence-corrected chi connectivity index (χ1v) is 6.72. The number of carbonyl (C=O) groups is 1. The molecule has 0 unspecified atom stereocenters. The number of nitrogens with one attached hydrogen (secondary N) is 1. The second-order valence-electron chi connectivity index (χ2n) is 4.85. The molecule has 0 aliphatic rings. The molecule has 106 valence electrons. The number of aromatic amines is 1. The van der Waals surface area contributed by atoms with Crippen molar-refractivity contribution in [2.45, 2.75) is 13.5 Å². The first-order valence-electron chi connectivity index (χ1n) is 6.72. The van der Waals surface area contributed by atoms with Crippen molar-refractivity contribution in [3.05, 3.63) is 58.6 Å². The topological polar surface area (TPSA) is 80.9 Å². The van der Waals surface area contributed by atoms with Gasteiger partial charge in [-0.1, -0.05) is 12.1 Å². The zero-order valence-corrected chi connectivity index (χ0v) is 11.6. The zero-order valence-electron chi connectivity index (χ0n) is 11.6. The molecule has 2 heterocycles. The number of hydrogen-bond donors (Lipinski definition) is 2. The molecule has 21 heavy (non-hydrogen) atoms. The molecular weight excluding hydrogens is 266 g/mol. The number of aromatic nitrogens is 2. The smallest absolute Gasteiger partial charge is 0.274 e. The average molecular weight is 281 g/mol. The van der Waals surface area contributed by atoms with Gasteiger partial charge >= 0.3 is 0 Å². The zero-order chi connectivity index (χ0) is 15.0. The number of fused-ring (bicyclic) bond motifs is 1. The van der Waals surface area contributed by atoms with Gasteiger partial charge in [0.25, 0.3) is 5.56 Å². The lowest BCUT2D eigenvalue weighted by Gasteiger charge is -2.09. The summed E-state index contributed by atoms with van der Waals surface area (Å²) in [4.78, 5) is 26.6. The molecule has 0 saturated carbocycles. The first-order chi connectivity index (χ1) is 10.1. The number of benzene rings is 1. The van der Waals surface area contributed by atoms with Gasteiger partial charge in [0.15, 0.2) is 0 Å². The Hall–Kier alpha value is -2.82. The molecule has 2 aromatic heterocycles. The highest BCUT2D eigenvalue weighted by Crippen LogP contribution is 2.27. The highest BCUT2D eigenvalue weighted by molar-refractivity contribution is 5.98. The largest absolute Gasteiger partial charge is 0.366 e. The highest BCUT2D eigenvalue weighted by atomic mass is 16.1. The summed E-state index contributed by atoms with van der Waals surface area (Å²) in [5.41, 5.74) is 8.06. The van der Waals surface area contributed by atoms with Gasteiger partial charge in [0.1, 0.15) is 5.52 Å². The molecule has 0 saturated heterocycles. The number of carbonyl (C=O) groups excluding carboxylic acids is 1. The van der Waals surface area contributed by atoms with E-state index in [1.54, 1.807) is 29.0 Å². The van der Waals surface area contributed by atoms with Gasteiger partial charge in [0, 0.05) is 35.5 Å². The third kappa shape index (κ3) is 2.12. The lowest BCUT2D eigenvalue weighted by Crippen LogP contribution is -2.19. The Morgan fingerprint density at radius 2 is 2.14 bits per heavy atom. The number of hydrogen-bond acceptors (Lipinski definition) is 2. The van der Waals surface area contributed by atoms with Crippen LogP contribution < -0.4 is 11.3 Å². The molecule has 5 nitrogen and oxygen atoms in total. The van der Waals surface area contributed by atoms with Gasteiger partial charge in [0.2, 0.25) is 5.91 Å². The number of primary amides is 1. The molecule has 0 atom stereocenters. The van der Waals surface area contributed by atoms with E-state index in [0.717, 1.165) is 16.5 Å². The Labute approximate surface area is 121 Å². The molecule has 1 amide bonds. The minimum Gasteiger partial charge on any atom is -0.366 e. The molecule has 0 aliphatic carbocycles. The maximum atomic E-state index is 12.2. The van der Waals surface area contributed by atoms with E-state index in [0.29, 0.717) is 17.6 Å². The number of rotatable bonds is 3. The van der Waals surface area contributed by atoms with E-state index in [1.165, 1.54) is 0 Å². The minimum atomic E-state index is -0.467. The Morgan fingerprint density at radius 3 is 2.86 bits per heavy atom. The summed E-state index contributed by atoms with van der Waals surface area (Å²) in [6.07, 6.45) is 3.56. The second kappa shape index (κ2) is 4.94. The van der Waals surface area contributed by atoms with Crippen LogP contribution in [-0.4, -0.2) is 15.5 Å². The van der Waals surface area contributed by atoms with E-state index in [4.69, 9.17) is 5.73 Å². The quantitative estimate of drug-likeness (QED) is 0.771. The fourth-order valence-corrected chi connectivity index (χ4v) is 2.50. The number of nitrogens with zero attached hydrogens (tertiary/aromatic N) is 1. The summed E-state index contributed by atoms with van der Waals surface area (Å²) >= 11 is 0. The Kier molecular flexibility index (Phi) is 3.10.